The highest BCUT2D eigenvalue weighted by Crippen LogP contribution is 2.24. The van der Waals surface area contributed by atoms with Crippen molar-refractivity contribution in [1.82, 2.24) is 4.90 Å². The molecule has 94 valence electrons. The van der Waals surface area contributed by atoms with Crippen molar-refractivity contribution in [3.8, 4) is 5.75 Å². The van der Waals surface area contributed by atoms with E-state index >= 15 is 0 Å². The van der Waals surface area contributed by atoms with Crippen molar-refractivity contribution in [2.24, 2.45) is 11.8 Å². The van der Waals surface area contributed by atoms with Crippen LogP contribution in [0.15, 0.2) is 18.2 Å². The zero-order chi connectivity index (χ0) is 12.4. The van der Waals surface area contributed by atoms with E-state index in [0.717, 1.165) is 37.2 Å². The minimum Gasteiger partial charge on any atom is -0.508 e. The Balaban J connectivity index is 2.01. The number of phenolic OH excluding ortho intramolecular Hbond substituents is 1. The van der Waals surface area contributed by atoms with Gasteiger partial charge in [-0.25, -0.2) is 4.39 Å². The van der Waals surface area contributed by atoms with Crippen molar-refractivity contribution in [2.45, 2.75) is 26.8 Å². The Morgan fingerprint density at radius 3 is 2.71 bits per heavy atom. The third-order valence-electron chi connectivity index (χ3n) is 3.77. The van der Waals surface area contributed by atoms with E-state index in [1.54, 1.807) is 6.07 Å². The smallest absolute Gasteiger partial charge is 0.127 e. The van der Waals surface area contributed by atoms with Gasteiger partial charge < -0.3 is 5.11 Å². The number of hydrogen-bond donors (Lipinski definition) is 1. The molecule has 1 heterocycles. The van der Waals surface area contributed by atoms with Crippen LogP contribution >= 0.6 is 0 Å². The van der Waals surface area contributed by atoms with Crippen molar-refractivity contribution < 1.29 is 9.50 Å². The standard InChI is InChI=1S/C14H20FNO/c1-10-3-4-16(8-11(10)2)9-12-5-13(15)7-14(17)6-12/h5-7,10-11,17H,3-4,8-9H2,1-2H3. The molecule has 3 heteroatoms. The Labute approximate surface area is 102 Å². The first kappa shape index (κ1) is 12.4. The summed E-state index contributed by atoms with van der Waals surface area (Å²) < 4.78 is 13.1. The molecule has 1 aliphatic rings. The number of halogens is 1. The van der Waals surface area contributed by atoms with E-state index in [1.807, 2.05) is 0 Å². The van der Waals surface area contributed by atoms with Crippen LogP contribution in [0.25, 0.3) is 0 Å². The van der Waals surface area contributed by atoms with Gasteiger partial charge in [-0.1, -0.05) is 13.8 Å². The van der Waals surface area contributed by atoms with Gasteiger partial charge in [-0.15, -0.1) is 0 Å². The highest BCUT2D eigenvalue weighted by molar-refractivity contribution is 5.28. The van der Waals surface area contributed by atoms with Crippen LogP contribution < -0.4 is 0 Å². The molecule has 2 nitrogen and oxygen atoms in total. The molecule has 0 bridgehead atoms. The molecule has 17 heavy (non-hydrogen) atoms. The van der Waals surface area contributed by atoms with Crippen molar-refractivity contribution in [3.63, 3.8) is 0 Å². The normalized spacial score (nSPS) is 26.1. The lowest BCUT2D eigenvalue weighted by Crippen LogP contribution is -2.37. The van der Waals surface area contributed by atoms with Crippen LogP contribution in [0, 0.1) is 17.7 Å². The molecule has 2 unspecified atom stereocenters. The summed E-state index contributed by atoms with van der Waals surface area (Å²) in [5, 5.41) is 9.36. The molecule has 0 saturated carbocycles. The maximum absolute atomic E-state index is 13.1. The fourth-order valence-electron chi connectivity index (χ4n) is 2.48. The van der Waals surface area contributed by atoms with Gasteiger partial charge in [0, 0.05) is 19.2 Å². The largest absolute Gasteiger partial charge is 0.508 e. The Morgan fingerprint density at radius 2 is 2.06 bits per heavy atom. The summed E-state index contributed by atoms with van der Waals surface area (Å²) in [7, 11) is 0. The number of hydrogen-bond acceptors (Lipinski definition) is 2. The van der Waals surface area contributed by atoms with Gasteiger partial charge in [0.15, 0.2) is 0 Å². The second-order valence-corrected chi connectivity index (χ2v) is 5.30. The van der Waals surface area contributed by atoms with E-state index in [-0.39, 0.29) is 11.6 Å². The molecule has 0 radical (unpaired) electrons. The summed E-state index contributed by atoms with van der Waals surface area (Å²) >= 11 is 0. The van der Waals surface area contributed by atoms with Gasteiger partial charge in [0.2, 0.25) is 0 Å². The van der Waals surface area contributed by atoms with Crippen LogP contribution in [-0.4, -0.2) is 23.1 Å². The van der Waals surface area contributed by atoms with E-state index in [2.05, 4.69) is 18.7 Å². The van der Waals surface area contributed by atoms with Gasteiger partial charge in [-0.2, -0.15) is 0 Å². The second-order valence-electron chi connectivity index (χ2n) is 5.30. The number of benzene rings is 1. The topological polar surface area (TPSA) is 23.5 Å². The molecule has 0 aromatic heterocycles. The fraction of sp³-hybridized carbons (Fsp3) is 0.571. The first-order valence-corrected chi connectivity index (χ1v) is 6.25. The minimum absolute atomic E-state index is 0.0124. The highest BCUT2D eigenvalue weighted by Gasteiger charge is 2.22. The quantitative estimate of drug-likeness (QED) is 0.854. The number of rotatable bonds is 2. The minimum atomic E-state index is -0.363. The molecular formula is C14H20FNO. The van der Waals surface area contributed by atoms with Crippen molar-refractivity contribution in [3.05, 3.63) is 29.6 Å². The monoisotopic (exact) mass is 237 g/mol. The summed E-state index contributed by atoms with van der Waals surface area (Å²) in [6, 6.07) is 4.29. The third kappa shape index (κ3) is 3.19. The van der Waals surface area contributed by atoms with Crippen LogP contribution in [0.3, 0.4) is 0 Å². The molecular weight excluding hydrogens is 217 g/mol. The molecule has 1 aromatic rings. The van der Waals surface area contributed by atoms with Crippen LogP contribution in [0.5, 0.6) is 5.75 Å². The number of aromatic hydroxyl groups is 1. The zero-order valence-corrected chi connectivity index (χ0v) is 10.5. The van der Waals surface area contributed by atoms with Gasteiger partial charge in [-0.3, -0.25) is 4.90 Å². The molecule has 1 saturated heterocycles. The Kier molecular flexibility index (Phi) is 3.67. The van der Waals surface area contributed by atoms with E-state index in [9.17, 15) is 9.50 Å². The molecule has 1 aliphatic heterocycles. The molecule has 2 atom stereocenters. The molecule has 0 spiro atoms. The molecule has 1 aromatic carbocycles. The third-order valence-corrected chi connectivity index (χ3v) is 3.77. The lowest BCUT2D eigenvalue weighted by atomic mass is 9.88. The summed E-state index contributed by atoms with van der Waals surface area (Å²) in [6.07, 6.45) is 1.20. The van der Waals surface area contributed by atoms with Crippen LogP contribution in [-0.2, 0) is 6.54 Å². The summed E-state index contributed by atoms with van der Waals surface area (Å²) in [5.74, 6) is 1.11. The van der Waals surface area contributed by atoms with Crippen molar-refractivity contribution >= 4 is 0 Å². The Bertz CT molecular complexity index is 374. The summed E-state index contributed by atoms with van der Waals surface area (Å²) in [6.45, 7) is 7.39. The lowest BCUT2D eigenvalue weighted by Gasteiger charge is -2.35. The van der Waals surface area contributed by atoms with E-state index in [1.165, 1.54) is 12.5 Å². The molecule has 1 fully saturated rings. The van der Waals surface area contributed by atoms with Gasteiger partial charge in [0.05, 0.1) is 0 Å². The highest BCUT2D eigenvalue weighted by atomic mass is 19.1. The number of piperidine rings is 1. The van der Waals surface area contributed by atoms with Crippen molar-refractivity contribution in [2.75, 3.05) is 13.1 Å². The summed E-state index contributed by atoms with van der Waals surface area (Å²) in [4.78, 5) is 2.33. The van der Waals surface area contributed by atoms with E-state index < -0.39 is 0 Å². The van der Waals surface area contributed by atoms with Crippen molar-refractivity contribution in [1.29, 1.82) is 0 Å². The molecule has 1 N–H and O–H groups in total. The molecule has 2 rings (SSSR count). The van der Waals surface area contributed by atoms with Crippen LogP contribution in [0.4, 0.5) is 4.39 Å². The SMILES string of the molecule is CC1CCN(Cc2cc(O)cc(F)c2)CC1C. The Morgan fingerprint density at radius 1 is 1.29 bits per heavy atom. The van der Waals surface area contributed by atoms with Gasteiger partial charge in [0.25, 0.3) is 0 Å². The maximum Gasteiger partial charge on any atom is 0.127 e. The van der Waals surface area contributed by atoms with Gasteiger partial charge in [0.1, 0.15) is 11.6 Å². The zero-order valence-electron chi connectivity index (χ0n) is 10.5. The Hall–Kier alpha value is -1.09. The molecule has 0 aliphatic carbocycles. The molecule has 0 amide bonds. The van der Waals surface area contributed by atoms with E-state index in [0.29, 0.717) is 5.92 Å². The maximum atomic E-state index is 13.1. The fourth-order valence-corrected chi connectivity index (χ4v) is 2.48. The number of likely N-dealkylation sites (tertiary alicyclic amines) is 1. The number of phenols is 1. The number of nitrogens with zero attached hydrogens (tertiary/aromatic N) is 1. The van der Waals surface area contributed by atoms with Gasteiger partial charge in [-0.05, 0) is 42.5 Å². The van der Waals surface area contributed by atoms with Crippen LogP contribution in [0.1, 0.15) is 25.8 Å². The van der Waals surface area contributed by atoms with Gasteiger partial charge >= 0.3 is 0 Å². The first-order valence-electron chi connectivity index (χ1n) is 6.25. The predicted octanol–water partition coefficient (Wildman–Crippen LogP) is 3.01. The summed E-state index contributed by atoms with van der Waals surface area (Å²) in [5.41, 5.74) is 0.851. The second kappa shape index (κ2) is 5.05. The van der Waals surface area contributed by atoms with E-state index in [4.69, 9.17) is 0 Å². The van der Waals surface area contributed by atoms with Crippen LogP contribution in [0.2, 0.25) is 0 Å². The predicted molar refractivity (Wildman–Crippen MR) is 66.3 cm³/mol. The average Bonchev–Trinajstić information content (AvgIpc) is 2.22. The lowest BCUT2D eigenvalue weighted by molar-refractivity contribution is 0.132. The average molecular weight is 237 g/mol. The first-order chi connectivity index (χ1) is 8.04.